The standard InChI is InChI=1S/C16H22N2O/c1-13(2)17-10-8-16(9-11-17)12-18(16)15(19)14-6-4-3-5-7-14/h3-7,13H,8-12H2,1-2H3. The summed E-state index contributed by atoms with van der Waals surface area (Å²) in [4.78, 5) is 17.0. The fourth-order valence-electron chi connectivity index (χ4n) is 3.17. The van der Waals surface area contributed by atoms with Crippen LogP contribution in [0.5, 0.6) is 0 Å². The van der Waals surface area contributed by atoms with Gasteiger partial charge in [-0.2, -0.15) is 0 Å². The SMILES string of the molecule is CC(C)N1CCC2(CC1)CN2C(=O)c1ccccc1. The van der Waals surface area contributed by atoms with Gasteiger partial charge in [-0.05, 0) is 38.8 Å². The second kappa shape index (κ2) is 4.64. The van der Waals surface area contributed by atoms with E-state index in [4.69, 9.17) is 0 Å². The molecule has 0 N–H and O–H groups in total. The first-order valence-corrected chi connectivity index (χ1v) is 7.23. The van der Waals surface area contributed by atoms with Crippen molar-refractivity contribution in [1.82, 2.24) is 9.80 Å². The Hall–Kier alpha value is -1.35. The van der Waals surface area contributed by atoms with Crippen LogP contribution < -0.4 is 0 Å². The molecule has 0 aromatic heterocycles. The Kier molecular flexibility index (Phi) is 3.09. The lowest BCUT2D eigenvalue weighted by atomic mass is 9.95. The van der Waals surface area contributed by atoms with Gasteiger partial charge in [0.15, 0.2) is 0 Å². The van der Waals surface area contributed by atoms with Gasteiger partial charge in [-0.15, -0.1) is 0 Å². The highest BCUT2D eigenvalue weighted by atomic mass is 16.2. The molecule has 0 saturated carbocycles. The summed E-state index contributed by atoms with van der Waals surface area (Å²) in [7, 11) is 0. The van der Waals surface area contributed by atoms with Crippen molar-refractivity contribution in [3.05, 3.63) is 35.9 Å². The van der Waals surface area contributed by atoms with Crippen molar-refractivity contribution < 1.29 is 4.79 Å². The van der Waals surface area contributed by atoms with Crippen LogP contribution in [0.4, 0.5) is 0 Å². The van der Waals surface area contributed by atoms with E-state index in [-0.39, 0.29) is 11.4 Å². The van der Waals surface area contributed by atoms with Gasteiger partial charge in [-0.3, -0.25) is 4.79 Å². The number of benzene rings is 1. The number of rotatable bonds is 2. The third kappa shape index (κ3) is 2.27. The van der Waals surface area contributed by atoms with Crippen LogP contribution in [-0.2, 0) is 0 Å². The van der Waals surface area contributed by atoms with Crippen molar-refractivity contribution in [2.75, 3.05) is 19.6 Å². The molecule has 0 aliphatic carbocycles. The van der Waals surface area contributed by atoms with E-state index in [0.29, 0.717) is 6.04 Å². The minimum atomic E-state index is 0.179. The van der Waals surface area contributed by atoms with Crippen molar-refractivity contribution >= 4 is 5.91 Å². The second-order valence-electron chi connectivity index (χ2n) is 6.11. The molecule has 19 heavy (non-hydrogen) atoms. The Balaban J connectivity index is 1.64. The average molecular weight is 258 g/mol. The van der Waals surface area contributed by atoms with Gasteiger partial charge in [0, 0.05) is 31.2 Å². The largest absolute Gasteiger partial charge is 0.329 e. The van der Waals surface area contributed by atoms with E-state index in [1.165, 1.54) is 0 Å². The minimum absolute atomic E-state index is 0.179. The highest BCUT2D eigenvalue weighted by Gasteiger charge is 2.55. The fourth-order valence-corrected chi connectivity index (χ4v) is 3.17. The number of nitrogens with zero attached hydrogens (tertiary/aromatic N) is 2. The summed E-state index contributed by atoms with van der Waals surface area (Å²) in [5.74, 6) is 0.207. The van der Waals surface area contributed by atoms with Crippen molar-refractivity contribution in [2.24, 2.45) is 0 Å². The molecular weight excluding hydrogens is 236 g/mol. The molecule has 3 rings (SSSR count). The lowest BCUT2D eigenvalue weighted by Gasteiger charge is -2.34. The average Bonchev–Trinajstić information content (AvgIpc) is 3.13. The first kappa shape index (κ1) is 12.7. The van der Waals surface area contributed by atoms with Gasteiger partial charge >= 0.3 is 0 Å². The zero-order valence-electron chi connectivity index (χ0n) is 11.8. The molecule has 1 amide bonds. The second-order valence-corrected chi connectivity index (χ2v) is 6.11. The smallest absolute Gasteiger partial charge is 0.254 e. The summed E-state index contributed by atoms with van der Waals surface area (Å²) < 4.78 is 0. The molecule has 0 unspecified atom stereocenters. The number of likely N-dealkylation sites (tertiary alicyclic amines) is 1. The Morgan fingerprint density at radius 1 is 1.16 bits per heavy atom. The van der Waals surface area contributed by atoms with Crippen molar-refractivity contribution in [2.45, 2.75) is 38.3 Å². The molecule has 3 heteroatoms. The zero-order valence-corrected chi connectivity index (χ0v) is 11.8. The third-order valence-electron chi connectivity index (χ3n) is 4.65. The summed E-state index contributed by atoms with van der Waals surface area (Å²) in [6.07, 6.45) is 2.26. The number of hydrogen-bond acceptors (Lipinski definition) is 2. The molecule has 1 aromatic rings. The van der Waals surface area contributed by atoms with E-state index >= 15 is 0 Å². The maximum atomic E-state index is 12.4. The van der Waals surface area contributed by atoms with Crippen LogP contribution in [0.3, 0.4) is 0 Å². The van der Waals surface area contributed by atoms with Gasteiger partial charge in [0.05, 0.1) is 5.54 Å². The van der Waals surface area contributed by atoms with Crippen LogP contribution in [0.1, 0.15) is 37.0 Å². The highest BCUT2D eigenvalue weighted by Crippen LogP contribution is 2.43. The summed E-state index contributed by atoms with van der Waals surface area (Å²) in [5, 5.41) is 0. The number of carbonyl (C=O) groups excluding carboxylic acids is 1. The maximum Gasteiger partial charge on any atom is 0.254 e. The van der Waals surface area contributed by atoms with Gasteiger partial charge < -0.3 is 9.80 Å². The molecule has 2 fully saturated rings. The molecule has 102 valence electrons. The number of piperidine rings is 1. The molecule has 0 bridgehead atoms. The number of carbonyl (C=O) groups is 1. The van der Waals surface area contributed by atoms with Crippen molar-refractivity contribution in [3.63, 3.8) is 0 Å². The molecule has 3 nitrogen and oxygen atoms in total. The first-order chi connectivity index (χ1) is 9.12. The van der Waals surface area contributed by atoms with E-state index in [1.807, 2.05) is 30.3 Å². The third-order valence-corrected chi connectivity index (χ3v) is 4.65. The molecule has 2 aliphatic rings. The topological polar surface area (TPSA) is 23.3 Å². The van der Waals surface area contributed by atoms with Gasteiger partial charge in [0.2, 0.25) is 0 Å². The van der Waals surface area contributed by atoms with E-state index < -0.39 is 0 Å². The molecule has 0 radical (unpaired) electrons. The molecule has 1 aromatic carbocycles. The van der Waals surface area contributed by atoms with Crippen LogP contribution in [0.15, 0.2) is 30.3 Å². The lowest BCUT2D eigenvalue weighted by Crippen LogP contribution is -2.43. The Bertz CT molecular complexity index is 461. The Morgan fingerprint density at radius 2 is 1.79 bits per heavy atom. The quantitative estimate of drug-likeness (QED) is 0.760. The predicted octanol–water partition coefficient (Wildman–Crippen LogP) is 2.39. The number of hydrogen-bond donors (Lipinski definition) is 0. The van der Waals surface area contributed by atoms with Gasteiger partial charge in [-0.1, -0.05) is 18.2 Å². The van der Waals surface area contributed by atoms with Gasteiger partial charge in [0.1, 0.15) is 0 Å². The maximum absolute atomic E-state index is 12.4. The summed E-state index contributed by atoms with van der Waals surface area (Å²) in [5.41, 5.74) is 1.00. The van der Waals surface area contributed by atoms with Crippen LogP contribution in [-0.4, -0.2) is 46.9 Å². The lowest BCUT2D eigenvalue weighted by molar-refractivity contribution is 0.0806. The van der Waals surface area contributed by atoms with E-state index in [9.17, 15) is 4.79 Å². The minimum Gasteiger partial charge on any atom is -0.329 e. The summed E-state index contributed by atoms with van der Waals surface area (Å²) >= 11 is 0. The zero-order chi connectivity index (χ0) is 13.5. The predicted molar refractivity (Wildman–Crippen MR) is 76.2 cm³/mol. The molecule has 2 saturated heterocycles. The van der Waals surface area contributed by atoms with E-state index in [0.717, 1.165) is 38.0 Å². The van der Waals surface area contributed by atoms with Crippen LogP contribution in [0, 0.1) is 0 Å². The molecule has 1 spiro atoms. The van der Waals surface area contributed by atoms with Crippen LogP contribution in [0.25, 0.3) is 0 Å². The normalized spacial score (nSPS) is 21.9. The summed E-state index contributed by atoms with van der Waals surface area (Å²) in [6, 6.07) is 10.3. The molecular formula is C16H22N2O. The van der Waals surface area contributed by atoms with E-state index in [2.05, 4.69) is 23.6 Å². The van der Waals surface area contributed by atoms with Crippen LogP contribution in [0.2, 0.25) is 0 Å². The molecule has 0 atom stereocenters. The van der Waals surface area contributed by atoms with Gasteiger partial charge in [0.25, 0.3) is 5.91 Å². The van der Waals surface area contributed by atoms with Gasteiger partial charge in [-0.25, -0.2) is 0 Å². The van der Waals surface area contributed by atoms with E-state index in [1.54, 1.807) is 0 Å². The fraction of sp³-hybridized carbons (Fsp3) is 0.562. The monoisotopic (exact) mass is 258 g/mol. The Morgan fingerprint density at radius 3 is 2.37 bits per heavy atom. The number of amides is 1. The van der Waals surface area contributed by atoms with Crippen molar-refractivity contribution in [3.8, 4) is 0 Å². The summed E-state index contributed by atoms with van der Waals surface area (Å²) in [6.45, 7) is 7.69. The van der Waals surface area contributed by atoms with Crippen molar-refractivity contribution in [1.29, 1.82) is 0 Å². The molecule has 2 aliphatic heterocycles. The Labute approximate surface area is 115 Å². The molecule has 2 heterocycles. The first-order valence-electron chi connectivity index (χ1n) is 7.23. The van der Waals surface area contributed by atoms with Crippen LogP contribution >= 0.6 is 0 Å². The highest BCUT2D eigenvalue weighted by molar-refractivity contribution is 5.96.